The van der Waals surface area contributed by atoms with Gasteiger partial charge in [-0.1, -0.05) is 28.1 Å². The second-order valence-electron chi connectivity index (χ2n) is 6.68. The predicted octanol–water partition coefficient (Wildman–Crippen LogP) is 4.30. The first kappa shape index (κ1) is 18.6. The largest absolute Gasteiger partial charge is 0.423 e. The molecule has 0 saturated carbocycles. The Morgan fingerprint density at radius 2 is 2.11 bits per heavy atom. The molecule has 1 N–H and O–H groups in total. The van der Waals surface area contributed by atoms with Gasteiger partial charge in [-0.25, -0.2) is 14.8 Å². The number of rotatable bonds is 4. The molecule has 0 bridgehead atoms. The average molecular weight is 439 g/mol. The Hall–Kier alpha value is -2.77. The molecule has 1 aromatic heterocycles. The van der Waals surface area contributed by atoms with Gasteiger partial charge in [-0.15, -0.1) is 0 Å². The molecule has 0 atom stereocenters. The van der Waals surface area contributed by atoms with Crippen LogP contribution in [0.2, 0.25) is 0 Å². The number of hydrogen-bond donors (Lipinski definition) is 1. The molecule has 0 aliphatic carbocycles. The van der Waals surface area contributed by atoms with Crippen molar-refractivity contribution in [3.8, 4) is 5.75 Å². The highest BCUT2D eigenvalue weighted by Crippen LogP contribution is 2.28. The molecule has 0 saturated heterocycles. The zero-order chi connectivity index (χ0) is 19.5. The topological polar surface area (TPSA) is 67.4 Å². The number of fused-ring (bicyclic) bond motifs is 1. The van der Waals surface area contributed by atoms with Crippen LogP contribution < -0.4 is 10.1 Å². The third-order valence-electron chi connectivity index (χ3n) is 4.51. The fraction of sp³-hybridized carbons (Fsp3) is 0.190. The first-order valence-corrected chi connectivity index (χ1v) is 9.75. The van der Waals surface area contributed by atoms with Crippen LogP contribution in [0.1, 0.15) is 6.42 Å². The molecule has 4 rings (SSSR count). The number of aromatic nitrogens is 2. The van der Waals surface area contributed by atoms with Gasteiger partial charge in [0.25, 0.3) is 0 Å². The van der Waals surface area contributed by atoms with Gasteiger partial charge in [0.1, 0.15) is 17.9 Å². The van der Waals surface area contributed by atoms with Crippen molar-refractivity contribution >= 4 is 44.3 Å². The van der Waals surface area contributed by atoms with Crippen molar-refractivity contribution in [1.82, 2.24) is 14.9 Å². The number of hydrogen-bond acceptors (Lipinski definition) is 6. The molecule has 3 aromatic rings. The molecule has 1 aliphatic heterocycles. The minimum atomic E-state index is -0.316. The minimum absolute atomic E-state index is 0.316. The van der Waals surface area contributed by atoms with Crippen molar-refractivity contribution < 1.29 is 9.53 Å². The van der Waals surface area contributed by atoms with Crippen molar-refractivity contribution in [2.45, 2.75) is 6.42 Å². The summed E-state index contributed by atoms with van der Waals surface area (Å²) in [4.78, 5) is 23.3. The number of anilines is 2. The zero-order valence-corrected chi connectivity index (χ0v) is 16.9. The van der Waals surface area contributed by atoms with E-state index in [1.165, 1.54) is 6.33 Å². The summed E-state index contributed by atoms with van der Waals surface area (Å²) >= 11 is 3.47. The molecule has 7 heteroatoms. The van der Waals surface area contributed by atoms with E-state index in [1.54, 1.807) is 12.1 Å². The number of carbonyl (C=O) groups is 1. The number of nitrogens with one attached hydrogen (secondary N) is 1. The van der Waals surface area contributed by atoms with E-state index in [-0.39, 0.29) is 5.97 Å². The molecule has 28 heavy (non-hydrogen) atoms. The van der Waals surface area contributed by atoms with Gasteiger partial charge < -0.3 is 15.0 Å². The number of benzene rings is 2. The van der Waals surface area contributed by atoms with Gasteiger partial charge in [0, 0.05) is 34.2 Å². The Morgan fingerprint density at radius 3 is 2.93 bits per heavy atom. The molecule has 1 aliphatic rings. The predicted molar refractivity (Wildman–Crippen MR) is 113 cm³/mol. The standard InChI is InChI=1S/C21H19BrN4O2/c1-26-9-3-4-14(12-26)21(27)28-17-7-8-19-18(11-17)20(24-13-23-19)25-16-6-2-5-15(22)10-16/h2,4-8,10-11,13H,3,9,12H2,1H3,(H,23,24,25). The lowest BCUT2D eigenvalue weighted by Gasteiger charge is -2.21. The van der Waals surface area contributed by atoms with Crippen LogP contribution in [0.4, 0.5) is 11.5 Å². The molecule has 142 valence electrons. The lowest BCUT2D eigenvalue weighted by atomic mass is 10.1. The number of carbonyl (C=O) groups excluding carboxylic acids is 1. The van der Waals surface area contributed by atoms with Crippen LogP contribution in [0.25, 0.3) is 10.9 Å². The molecule has 0 amide bonds. The fourth-order valence-corrected chi connectivity index (χ4v) is 3.52. The van der Waals surface area contributed by atoms with Crippen LogP contribution in [0, 0.1) is 0 Å². The highest BCUT2D eigenvalue weighted by atomic mass is 79.9. The van der Waals surface area contributed by atoms with Gasteiger partial charge in [0.15, 0.2) is 0 Å². The summed E-state index contributed by atoms with van der Waals surface area (Å²) in [6.07, 6.45) is 4.32. The van der Waals surface area contributed by atoms with Crippen LogP contribution in [0.5, 0.6) is 5.75 Å². The van der Waals surface area contributed by atoms with E-state index >= 15 is 0 Å². The van der Waals surface area contributed by atoms with Gasteiger partial charge >= 0.3 is 5.97 Å². The van der Waals surface area contributed by atoms with E-state index < -0.39 is 0 Å². The first-order chi connectivity index (χ1) is 13.6. The maximum atomic E-state index is 12.5. The maximum absolute atomic E-state index is 12.5. The van der Waals surface area contributed by atoms with Crippen LogP contribution in [0.3, 0.4) is 0 Å². The van der Waals surface area contributed by atoms with Crippen LogP contribution in [-0.4, -0.2) is 41.0 Å². The molecule has 2 heterocycles. The van der Waals surface area contributed by atoms with Gasteiger partial charge in [0.05, 0.1) is 5.52 Å². The molecule has 2 aromatic carbocycles. The molecular weight excluding hydrogens is 420 g/mol. The van der Waals surface area contributed by atoms with Crippen molar-refractivity contribution in [3.63, 3.8) is 0 Å². The normalized spacial score (nSPS) is 14.6. The second kappa shape index (κ2) is 8.08. The van der Waals surface area contributed by atoms with Crippen LogP contribution >= 0.6 is 15.9 Å². The monoisotopic (exact) mass is 438 g/mol. The van der Waals surface area contributed by atoms with Crippen LogP contribution in [-0.2, 0) is 4.79 Å². The Bertz CT molecular complexity index is 1070. The quantitative estimate of drug-likeness (QED) is 0.483. The van der Waals surface area contributed by atoms with E-state index in [0.29, 0.717) is 23.7 Å². The Kier molecular flexibility index (Phi) is 5.36. The van der Waals surface area contributed by atoms with E-state index in [4.69, 9.17) is 4.74 Å². The summed E-state index contributed by atoms with van der Waals surface area (Å²) in [5.41, 5.74) is 2.35. The minimum Gasteiger partial charge on any atom is -0.423 e. The molecule has 0 radical (unpaired) electrons. The smallest absolute Gasteiger partial charge is 0.340 e. The highest BCUT2D eigenvalue weighted by Gasteiger charge is 2.18. The number of esters is 1. The zero-order valence-electron chi connectivity index (χ0n) is 15.4. The van der Waals surface area contributed by atoms with Gasteiger partial charge in [-0.2, -0.15) is 0 Å². The summed E-state index contributed by atoms with van der Waals surface area (Å²) < 4.78 is 6.58. The molecular formula is C21H19BrN4O2. The SMILES string of the molecule is CN1CCC=C(C(=O)Oc2ccc3ncnc(Nc4cccc(Br)c4)c3c2)C1. The number of ether oxygens (including phenoxy) is 1. The Labute approximate surface area is 171 Å². The lowest BCUT2D eigenvalue weighted by Crippen LogP contribution is -2.30. The van der Waals surface area contributed by atoms with Crippen LogP contribution in [0.15, 0.2) is 64.9 Å². The van der Waals surface area contributed by atoms with Crippen molar-refractivity contribution in [1.29, 1.82) is 0 Å². The maximum Gasteiger partial charge on any atom is 0.340 e. The number of likely N-dealkylation sites (N-methyl/N-ethyl adjacent to an activating group) is 1. The number of halogens is 1. The summed E-state index contributed by atoms with van der Waals surface area (Å²) in [5, 5.41) is 4.08. The summed E-state index contributed by atoms with van der Waals surface area (Å²) in [5.74, 6) is 0.806. The van der Waals surface area contributed by atoms with E-state index in [0.717, 1.165) is 34.0 Å². The van der Waals surface area contributed by atoms with Crippen molar-refractivity contribution in [2.24, 2.45) is 0 Å². The molecule has 6 nitrogen and oxygen atoms in total. The molecule has 0 spiro atoms. The third-order valence-corrected chi connectivity index (χ3v) is 5.00. The number of nitrogens with zero attached hydrogens (tertiary/aromatic N) is 3. The molecule has 0 unspecified atom stereocenters. The summed E-state index contributed by atoms with van der Waals surface area (Å²) in [6, 6.07) is 13.2. The van der Waals surface area contributed by atoms with Gasteiger partial charge in [-0.3, -0.25) is 0 Å². The van der Waals surface area contributed by atoms with Crippen molar-refractivity contribution in [2.75, 3.05) is 25.5 Å². The van der Waals surface area contributed by atoms with Gasteiger partial charge in [0.2, 0.25) is 0 Å². The summed E-state index contributed by atoms with van der Waals surface area (Å²) in [7, 11) is 1.99. The third kappa shape index (κ3) is 4.21. The Morgan fingerprint density at radius 1 is 1.21 bits per heavy atom. The van der Waals surface area contributed by atoms with E-state index in [9.17, 15) is 4.79 Å². The van der Waals surface area contributed by atoms with E-state index in [2.05, 4.69) is 36.1 Å². The highest BCUT2D eigenvalue weighted by molar-refractivity contribution is 9.10. The Balaban J connectivity index is 1.61. The van der Waals surface area contributed by atoms with Crippen molar-refractivity contribution in [3.05, 3.63) is 64.9 Å². The first-order valence-electron chi connectivity index (χ1n) is 8.95. The lowest BCUT2D eigenvalue weighted by molar-refractivity contribution is -0.130. The van der Waals surface area contributed by atoms with E-state index in [1.807, 2.05) is 43.5 Å². The second-order valence-corrected chi connectivity index (χ2v) is 7.60. The summed E-state index contributed by atoms with van der Waals surface area (Å²) in [6.45, 7) is 1.56. The average Bonchev–Trinajstić information content (AvgIpc) is 2.68. The van der Waals surface area contributed by atoms with Gasteiger partial charge in [-0.05, 0) is 49.9 Å². The molecule has 0 fully saturated rings. The fourth-order valence-electron chi connectivity index (χ4n) is 3.12.